The van der Waals surface area contributed by atoms with Gasteiger partial charge in [0.2, 0.25) is 5.88 Å². The molecule has 0 unspecified atom stereocenters. The summed E-state index contributed by atoms with van der Waals surface area (Å²) in [5, 5.41) is 0.956. The quantitative estimate of drug-likeness (QED) is 0.801. The van der Waals surface area contributed by atoms with Crippen LogP contribution in [0.4, 0.5) is 0 Å². The lowest BCUT2D eigenvalue weighted by Crippen LogP contribution is -2.05. The average Bonchev–Trinajstić information content (AvgIpc) is 2.27. The normalized spacial score (nSPS) is 10.6. The van der Waals surface area contributed by atoms with Gasteiger partial charge in [0, 0.05) is 0 Å². The molecule has 15 heavy (non-hydrogen) atoms. The number of ether oxygens (including phenoxy) is 1. The maximum Gasteiger partial charge on any atom is 0.224 e. The molecular formula is C11H13N3O. The highest BCUT2D eigenvalue weighted by Gasteiger charge is 2.08. The minimum absolute atomic E-state index is 0.320. The summed E-state index contributed by atoms with van der Waals surface area (Å²) >= 11 is 0. The van der Waals surface area contributed by atoms with Crippen molar-refractivity contribution in [3.05, 3.63) is 29.6 Å². The van der Waals surface area contributed by atoms with Gasteiger partial charge in [-0.1, -0.05) is 12.1 Å². The highest BCUT2D eigenvalue weighted by molar-refractivity contribution is 5.86. The van der Waals surface area contributed by atoms with Crippen LogP contribution < -0.4 is 10.5 Å². The van der Waals surface area contributed by atoms with Gasteiger partial charge in [0.25, 0.3) is 0 Å². The summed E-state index contributed by atoms with van der Waals surface area (Å²) in [4.78, 5) is 8.59. The number of rotatable bonds is 2. The molecule has 0 fully saturated rings. The van der Waals surface area contributed by atoms with Gasteiger partial charge in [-0.3, -0.25) is 0 Å². The summed E-state index contributed by atoms with van der Waals surface area (Å²) in [6.07, 6.45) is 0. The first-order valence-corrected chi connectivity index (χ1v) is 4.76. The smallest absolute Gasteiger partial charge is 0.224 e. The van der Waals surface area contributed by atoms with Gasteiger partial charge in [0.1, 0.15) is 5.82 Å². The van der Waals surface area contributed by atoms with Gasteiger partial charge in [-0.05, 0) is 18.6 Å². The van der Waals surface area contributed by atoms with E-state index in [4.69, 9.17) is 10.5 Å². The fourth-order valence-electron chi connectivity index (χ4n) is 1.60. The lowest BCUT2D eigenvalue weighted by Gasteiger charge is -2.08. The Morgan fingerprint density at radius 3 is 2.80 bits per heavy atom. The van der Waals surface area contributed by atoms with E-state index in [0.717, 1.165) is 16.5 Å². The van der Waals surface area contributed by atoms with E-state index >= 15 is 0 Å². The topological polar surface area (TPSA) is 61.0 Å². The SMILES string of the molecule is COc1nc(CN)nc2cccc(C)c12. The lowest BCUT2D eigenvalue weighted by atomic mass is 10.1. The molecule has 78 valence electrons. The standard InChI is InChI=1S/C11H13N3O/c1-7-4-3-5-8-10(7)11(15-2)14-9(6-12)13-8/h3-5H,6,12H2,1-2H3. The number of hydrogen-bond donors (Lipinski definition) is 1. The van der Waals surface area contributed by atoms with Crippen molar-refractivity contribution in [3.8, 4) is 5.88 Å². The van der Waals surface area contributed by atoms with Gasteiger partial charge in [0.05, 0.1) is 24.6 Å². The number of aromatic nitrogens is 2. The van der Waals surface area contributed by atoms with E-state index in [0.29, 0.717) is 18.2 Å². The number of aryl methyl sites for hydroxylation is 1. The number of hydrogen-bond acceptors (Lipinski definition) is 4. The molecule has 0 saturated carbocycles. The second-order valence-corrected chi connectivity index (χ2v) is 3.32. The Morgan fingerprint density at radius 2 is 2.13 bits per heavy atom. The van der Waals surface area contributed by atoms with Crippen LogP contribution >= 0.6 is 0 Å². The molecular weight excluding hydrogens is 190 g/mol. The van der Waals surface area contributed by atoms with Gasteiger partial charge >= 0.3 is 0 Å². The van der Waals surface area contributed by atoms with Crippen molar-refractivity contribution in [3.63, 3.8) is 0 Å². The number of nitrogens with zero attached hydrogens (tertiary/aromatic N) is 2. The summed E-state index contributed by atoms with van der Waals surface area (Å²) in [7, 11) is 1.61. The molecule has 0 spiro atoms. The predicted octanol–water partition coefficient (Wildman–Crippen LogP) is 1.41. The average molecular weight is 203 g/mol. The third-order valence-electron chi connectivity index (χ3n) is 2.32. The van der Waals surface area contributed by atoms with E-state index in [1.165, 1.54) is 0 Å². The van der Waals surface area contributed by atoms with Crippen LogP contribution in [-0.4, -0.2) is 17.1 Å². The first-order chi connectivity index (χ1) is 7.26. The van der Waals surface area contributed by atoms with Gasteiger partial charge in [-0.2, -0.15) is 4.98 Å². The second kappa shape index (κ2) is 3.82. The Morgan fingerprint density at radius 1 is 1.33 bits per heavy atom. The van der Waals surface area contributed by atoms with E-state index in [1.54, 1.807) is 7.11 Å². The molecule has 1 aromatic heterocycles. The molecule has 0 aliphatic rings. The molecule has 2 aromatic rings. The molecule has 2 rings (SSSR count). The number of methoxy groups -OCH3 is 1. The van der Waals surface area contributed by atoms with E-state index in [1.807, 2.05) is 25.1 Å². The fourth-order valence-corrected chi connectivity index (χ4v) is 1.60. The molecule has 0 aliphatic heterocycles. The Labute approximate surface area is 88.1 Å². The minimum atomic E-state index is 0.320. The summed E-state index contributed by atoms with van der Waals surface area (Å²) < 4.78 is 5.24. The molecule has 0 amide bonds. The zero-order valence-electron chi connectivity index (χ0n) is 8.82. The van der Waals surface area contributed by atoms with E-state index in [2.05, 4.69) is 9.97 Å². The Bertz CT molecular complexity index is 496. The summed E-state index contributed by atoms with van der Waals surface area (Å²) in [6.45, 7) is 2.33. The fraction of sp³-hybridized carbons (Fsp3) is 0.273. The van der Waals surface area contributed by atoms with Crippen LogP contribution in [0.5, 0.6) is 5.88 Å². The molecule has 0 aliphatic carbocycles. The molecule has 0 bridgehead atoms. The van der Waals surface area contributed by atoms with Crippen LogP contribution in [0.15, 0.2) is 18.2 Å². The van der Waals surface area contributed by atoms with Gasteiger partial charge < -0.3 is 10.5 Å². The van der Waals surface area contributed by atoms with Crippen molar-refractivity contribution in [2.75, 3.05) is 7.11 Å². The molecule has 1 heterocycles. The van der Waals surface area contributed by atoms with Crippen molar-refractivity contribution in [1.29, 1.82) is 0 Å². The molecule has 4 nitrogen and oxygen atoms in total. The van der Waals surface area contributed by atoms with Crippen molar-refractivity contribution in [2.24, 2.45) is 5.73 Å². The summed E-state index contributed by atoms with van der Waals surface area (Å²) in [5.74, 6) is 1.20. The maximum atomic E-state index is 5.52. The van der Waals surface area contributed by atoms with Crippen molar-refractivity contribution in [1.82, 2.24) is 9.97 Å². The van der Waals surface area contributed by atoms with Crippen LogP contribution in [0.1, 0.15) is 11.4 Å². The third-order valence-corrected chi connectivity index (χ3v) is 2.32. The number of benzene rings is 1. The predicted molar refractivity (Wildman–Crippen MR) is 58.7 cm³/mol. The minimum Gasteiger partial charge on any atom is -0.480 e. The molecule has 0 radical (unpaired) electrons. The Hall–Kier alpha value is -1.68. The van der Waals surface area contributed by atoms with Crippen LogP contribution in [0.2, 0.25) is 0 Å². The third kappa shape index (κ3) is 1.64. The van der Waals surface area contributed by atoms with E-state index in [-0.39, 0.29) is 0 Å². The van der Waals surface area contributed by atoms with Gasteiger partial charge in [-0.15, -0.1) is 0 Å². The van der Waals surface area contributed by atoms with E-state index < -0.39 is 0 Å². The van der Waals surface area contributed by atoms with Gasteiger partial charge in [-0.25, -0.2) is 4.98 Å². The Kier molecular flexibility index (Phi) is 2.51. The second-order valence-electron chi connectivity index (χ2n) is 3.32. The van der Waals surface area contributed by atoms with Crippen LogP contribution in [0.3, 0.4) is 0 Å². The zero-order chi connectivity index (χ0) is 10.8. The zero-order valence-corrected chi connectivity index (χ0v) is 8.82. The van der Waals surface area contributed by atoms with Crippen molar-refractivity contribution in [2.45, 2.75) is 13.5 Å². The maximum absolute atomic E-state index is 5.52. The largest absolute Gasteiger partial charge is 0.480 e. The molecule has 2 N–H and O–H groups in total. The number of nitrogens with two attached hydrogens (primary N) is 1. The first-order valence-electron chi connectivity index (χ1n) is 4.76. The van der Waals surface area contributed by atoms with Crippen LogP contribution in [-0.2, 0) is 6.54 Å². The highest BCUT2D eigenvalue weighted by atomic mass is 16.5. The highest BCUT2D eigenvalue weighted by Crippen LogP contribution is 2.25. The van der Waals surface area contributed by atoms with Gasteiger partial charge in [0.15, 0.2) is 0 Å². The molecule has 1 aromatic carbocycles. The van der Waals surface area contributed by atoms with Crippen molar-refractivity contribution >= 4 is 10.9 Å². The van der Waals surface area contributed by atoms with Crippen molar-refractivity contribution < 1.29 is 4.74 Å². The monoisotopic (exact) mass is 203 g/mol. The molecule has 0 saturated heterocycles. The number of fused-ring (bicyclic) bond motifs is 1. The van der Waals surface area contributed by atoms with E-state index in [9.17, 15) is 0 Å². The first kappa shape index (κ1) is 9.86. The molecule has 0 atom stereocenters. The van der Waals surface area contributed by atoms with Crippen LogP contribution in [0, 0.1) is 6.92 Å². The van der Waals surface area contributed by atoms with Crippen LogP contribution in [0.25, 0.3) is 10.9 Å². The summed E-state index contributed by atoms with van der Waals surface area (Å²) in [6, 6.07) is 5.91. The lowest BCUT2D eigenvalue weighted by molar-refractivity contribution is 0.400. The summed E-state index contributed by atoms with van der Waals surface area (Å²) in [5.41, 5.74) is 7.50. The molecule has 4 heteroatoms. The Balaban J connectivity index is 2.81.